The van der Waals surface area contributed by atoms with E-state index in [1.54, 1.807) is 6.92 Å². The summed E-state index contributed by atoms with van der Waals surface area (Å²) in [6.07, 6.45) is 0.557. The predicted molar refractivity (Wildman–Crippen MR) is 39.1 cm³/mol. The molecule has 0 aromatic carbocycles. The molecule has 1 rings (SSSR count). The summed E-state index contributed by atoms with van der Waals surface area (Å²) >= 11 is 5.17. The molecule has 0 aromatic heterocycles. The van der Waals surface area contributed by atoms with Crippen LogP contribution in [0.25, 0.3) is 0 Å². The molecule has 0 bridgehead atoms. The Morgan fingerprint density at radius 3 is 2.55 bits per heavy atom. The second kappa shape index (κ2) is 3.22. The third-order valence-electron chi connectivity index (χ3n) is 1.67. The summed E-state index contributed by atoms with van der Waals surface area (Å²) in [7, 11) is 0. The normalized spacial score (nSPS) is 27.8. The number of hydrogen-bond acceptors (Lipinski definition) is 3. The van der Waals surface area contributed by atoms with Crippen molar-refractivity contribution in [2.24, 2.45) is 11.8 Å². The average molecular weight is 177 g/mol. The summed E-state index contributed by atoms with van der Waals surface area (Å²) < 4.78 is 4.70. The van der Waals surface area contributed by atoms with Crippen LogP contribution >= 0.6 is 11.6 Å². The van der Waals surface area contributed by atoms with Crippen molar-refractivity contribution in [3.8, 4) is 0 Å². The third-order valence-corrected chi connectivity index (χ3v) is 1.95. The van der Waals surface area contributed by atoms with E-state index in [-0.39, 0.29) is 17.8 Å². The number of halogens is 1. The highest BCUT2D eigenvalue weighted by atomic mass is 35.5. The van der Waals surface area contributed by atoms with E-state index in [9.17, 15) is 9.59 Å². The zero-order valence-electron chi connectivity index (χ0n) is 6.17. The van der Waals surface area contributed by atoms with E-state index in [1.807, 2.05) is 0 Å². The molecule has 0 aliphatic heterocycles. The van der Waals surface area contributed by atoms with Gasteiger partial charge in [0.25, 0.3) is 0 Å². The Bertz CT molecular complexity index is 190. The Kier molecular flexibility index (Phi) is 2.49. The Morgan fingerprint density at radius 2 is 2.18 bits per heavy atom. The number of ether oxygens (including phenoxy) is 1. The van der Waals surface area contributed by atoms with Crippen molar-refractivity contribution in [2.45, 2.75) is 13.3 Å². The van der Waals surface area contributed by atoms with Gasteiger partial charge in [-0.25, -0.2) is 0 Å². The van der Waals surface area contributed by atoms with Gasteiger partial charge in [0, 0.05) is 5.92 Å². The molecule has 0 N–H and O–H groups in total. The second-order valence-corrected chi connectivity index (χ2v) is 2.88. The van der Waals surface area contributed by atoms with Crippen molar-refractivity contribution in [2.75, 3.05) is 6.61 Å². The lowest BCUT2D eigenvalue weighted by Gasteiger charge is -1.97. The van der Waals surface area contributed by atoms with Gasteiger partial charge in [0.1, 0.15) is 0 Å². The predicted octanol–water partition coefficient (Wildman–Crippen LogP) is 0.951. The highest BCUT2D eigenvalue weighted by Gasteiger charge is 2.48. The van der Waals surface area contributed by atoms with Gasteiger partial charge in [0.2, 0.25) is 5.24 Å². The maximum absolute atomic E-state index is 10.9. The standard InChI is InChI=1S/C7H9ClO3/c1-2-11-7(10)5-3-4(5)6(8)9/h4-5H,2-3H2,1H3/t4-,5+/m1/s1. The molecular weight excluding hydrogens is 168 g/mol. The minimum absolute atomic E-state index is 0.264. The Morgan fingerprint density at radius 1 is 1.55 bits per heavy atom. The maximum Gasteiger partial charge on any atom is 0.309 e. The average Bonchev–Trinajstić information content (AvgIpc) is 2.65. The van der Waals surface area contributed by atoms with Gasteiger partial charge >= 0.3 is 5.97 Å². The summed E-state index contributed by atoms with van der Waals surface area (Å²) in [6.45, 7) is 2.09. The van der Waals surface area contributed by atoms with Crippen LogP contribution in [0.3, 0.4) is 0 Å². The Labute approximate surface area is 69.7 Å². The summed E-state index contributed by atoms with van der Waals surface area (Å²) in [6, 6.07) is 0. The summed E-state index contributed by atoms with van der Waals surface area (Å²) in [5, 5.41) is -0.428. The van der Waals surface area contributed by atoms with Crippen LogP contribution in [0, 0.1) is 11.8 Å². The van der Waals surface area contributed by atoms with Crippen LogP contribution in [0.15, 0.2) is 0 Å². The topological polar surface area (TPSA) is 43.4 Å². The monoisotopic (exact) mass is 176 g/mol. The number of esters is 1. The zero-order chi connectivity index (χ0) is 8.43. The highest BCUT2D eigenvalue weighted by molar-refractivity contribution is 6.64. The van der Waals surface area contributed by atoms with E-state index in [0.29, 0.717) is 13.0 Å². The van der Waals surface area contributed by atoms with Gasteiger partial charge in [0.05, 0.1) is 12.5 Å². The van der Waals surface area contributed by atoms with Crippen LogP contribution in [0.2, 0.25) is 0 Å². The first kappa shape index (κ1) is 8.53. The van der Waals surface area contributed by atoms with Gasteiger partial charge < -0.3 is 4.74 Å². The lowest BCUT2D eigenvalue weighted by molar-refractivity contribution is -0.145. The first-order chi connectivity index (χ1) is 5.16. The van der Waals surface area contributed by atoms with Crippen LogP contribution in [-0.2, 0) is 14.3 Å². The molecule has 0 amide bonds. The molecule has 11 heavy (non-hydrogen) atoms. The molecule has 0 saturated heterocycles. The smallest absolute Gasteiger partial charge is 0.309 e. The highest BCUT2D eigenvalue weighted by Crippen LogP contribution is 2.40. The fourth-order valence-electron chi connectivity index (χ4n) is 0.956. The van der Waals surface area contributed by atoms with Crippen LogP contribution in [0.5, 0.6) is 0 Å². The maximum atomic E-state index is 10.9. The molecule has 1 aliphatic rings. The van der Waals surface area contributed by atoms with E-state index in [0.717, 1.165) is 0 Å². The van der Waals surface area contributed by atoms with E-state index < -0.39 is 5.24 Å². The van der Waals surface area contributed by atoms with E-state index in [4.69, 9.17) is 16.3 Å². The van der Waals surface area contributed by atoms with Crippen molar-refractivity contribution in [3.63, 3.8) is 0 Å². The molecule has 0 radical (unpaired) electrons. The summed E-state index contributed by atoms with van der Waals surface area (Å²) in [4.78, 5) is 21.4. The van der Waals surface area contributed by atoms with Crippen LogP contribution in [-0.4, -0.2) is 17.8 Å². The molecule has 0 spiro atoms. The molecule has 0 unspecified atom stereocenters. The fraction of sp³-hybridized carbons (Fsp3) is 0.714. The second-order valence-electron chi connectivity index (χ2n) is 2.50. The van der Waals surface area contributed by atoms with Crippen molar-refractivity contribution < 1.29 is 14.3 Å². The van der Waals surface area contributed by atoms with E-state index >= 15 is 0 Å². The minimum Gasteiger partial charge on any atom is -0.466 e. The molecule has 62 valence electrons. The first-order valence-corrected chi connectivity index (χ1v) is 3.90. The molecule has 0 heterocycles. The molecule has 2 atom stereocenters. The third kappa shape index (κ3) is 1.93. The van der Waals surface area contributed by atoms with Gasteiger partial charge in [-0.15, -0.1) is 0 Å². The first-order valence-electron chi connectivity index (χ1n) is 3.52. The molecule has 3 nitrogen and oxygen atoms in total. The van der Waals surface area contributed by atoms with Gasteiger partial charge in [0.15, 0.2) is 0 Å². The van der Waals surface area contributed by atoms with Gasteiger partial charge in [-0.05, 0) is 24.9 Å². The van der Waals surface area contributed by atoms with Crippen LogP contribution in [0.1, 0.15) is 13.3 Å². The SMILES string of the molecule is CCOC(=O)[C@H]1C[C@H]1C(=O)Cl. The van der Waals surface area contributed by atoms with Crippen molar-refractivity contribution in [1.82, 2.24) is 0 Å². The minimum atomic E-state index is -0.428. The summed E-state index contributed by atoms with van der Waals surface area (Å²) in [5.41, 5.74) is 0. The molecular formula is C7H9ClO3. The lowest BCUT2D eigenvalue weighted by Crippen LogP contribution is -2.09. The van der Waals surface area contributed by atoms with Crippen molar-refractivity contribution >= 4 is 22.8 Å². The van der Waals surface area contributed by atoms with Gasteiger partial charge in [-0.2, -0.15) is 0 Å². The quantitative estimate of drug-likeness (QED) is 0.475. The molecule has 1 aliphatic carbocycles. The van der Waals surface area contributed by atoms with Crippen molar-refractivity contribution in [3.05, 3.63) is 0 Å². The van der Waals surface area contributed by atoms with E-state index in [1.165, 1.54) is 0 Å². The van der Waals surface area contributed by atoms with Gasteiger partial charge in [-0.3, -0.25) is 9.59 Å². The number of rotatable bonds is 3. The molecule has 1 fully saturated rings. The Balaban J connectivity index is 2.32. The van der Waals surface area contributed by atoms with E-state index in [2.05, 4.69) is 0 Å². The molecule has 0 aromatic rings. The lowest BCUT2D eigenvalue weighted by atomic mass is 10.3. The van der Waals surface area contributed by atoms with Gasteiger partial charge in [-0.1, -0.05) is 0 Å². The number of carbonyl (C=O) groups excluding carboxylic acids is 2. The van der Waals surface area contributed by atoms with Crippen molar-refractivity contribution in [1.29, 1.82) is 0 Å². The van der Waals surface area contributed by atoms with Crippen LogP contribution < -0.4 is 0 Å². The fourth-order valence-corrected chi connectivity index (χ4v) is 1.20. The van der Waals surface area contributed by atoms with Crippen LogP contribution in [0.4, 0.5) is 0 Å². The zero-order valence-corrected chi connectivity index (χ0v) is 6.93. The molecule has 1 saturated carbocycles. The number of hydrogen-bond donors (Lipinski definition) is 0. The number of carbonyl (C=O) groups is 2. The summed E-state index contributed by atoms with van der Waals surface area (Å²) in [5.74, 6) is -0.845. The Hall–Kier alpha value is -0.570. The largest absolute Gasteiger partial charge is 0.466 e. The molecule has 4 heteroatoms.